The van der Waals surface area contributed by atoms with Gasteiger partial charge in [0.2, 0.25) is 0 Å². The molecule has 2 aliphatic carbocycles. The summed E-state index contributed by atoms with van der Waals surface area (Å²) in [6, 6.07) is 0. The van der Waals surface area contributed by atoms with E-state index >= 15 is 0 Å². The zero-order chi connectivity index (χ0) is 10.6. The van der Waals surface area contributed by atoms with E-state index in [1.54, 1.807) is 0 Å². The largest absolute Gasteiger partial charge is 0.298 e. The maximum atomic E-state index is 12.2. The van der Waals surface area contributed by atoms with E-state index in [1.165, 1.54) is 6.42 Å². The highest BCUT2D eigenvalue weighted by molar-refractivity contribution is 9.10. The molecule has 0 aliphatic heterocycles. The van der Waals surface area contributed by atoms with Gasteiger partial charge in [-0.2, -0.15) is 0 Å². The first-order valence-electron chi connectivity index (χ1n) is 4.84. The number of halogens is 3. The molecule has 0 heterocycles. The number of fused-ring (bicyclic) bond motifs is 2. The second kappa shape index (κ2) is 3.56. The second-order valence-electron chi connectivity index (χ2n) is 4.68. The highest BCUT2D eigenvalue weighted by Crippen LogP contribution is 2.66. The van der Waals surface area contributed by atoms with Crippen LogP contribution in [0.1, 0.15) is 19.8 Å². The summed E-state index contributed by atoms with van der Waals surface area (Å²) < 4.78 is 0. The molecule has 0 unspecified atom stereocenters. The fraction of sp³-hybridized carbons (Fsp3) is 0.900. The average molecular weight is 389 g/mol. The Labute approximate surface area is 110 Å². The number of hydrogen-bond acceptors (Lipinski definition) is 1. The summed E-state index contributed by atoms with van der Waals surface area (Å²) in [6.45, 7) is 2.25. The van der Waals surface area contributed by atoms with Gasteiger partial charge in [-0.1, -0.05) is 54.7 Å². The number of carbonyl (C=O) groups excluding carboxylic acids is 1. The quantitative estimate of drug-likeness (QED) is 0.661. The van der Waals surface area contributed by atoms with Crippen molar-refractivity contribution in [2.75, 3.05) is 10.7 Å². The summed E-state index contributed by atoms with van der Waals surface area (Å²) in [5.41, 5.74) is -0.00289. The fourth-order valence-corrected chi connectivity index (χ4v) is 6.63. The molecule has 1 nitrogen and oxygen atoms in total. The van der Waals surface area contributed by atoms with Crippen LogP contribution in [0.2, 0.25) is 0 Å². The monoisotopic (exact) mass is 386 g/mol. The minimum absolute atomic E-state index is 0.0800. The van der Waals surface area contributed by atoms with Crippen molar-refractivity contribution in [2.45, 2.75) is 24.6 Å². The molecule has 14 heavy (non-hydrogen) atoms. The summed E-state index contributed by atoms with van der Waals surface area (Å²) in [7, 11) is 0. The van der Waals surface area contributed by atoms with Crippen molar-refractivity contribution in [3.8, 4) is 0 Å². The highest BCUT2D eigenvalue weighted by Gasteiger charge is 2.68. The van der Waals surface area contributed by atoms with E-state index < -0.39 is 0 Å². The van der Waals surface area contributed by atoms with Crippen molar-refractivity contribution in [2.24, 2.45) is 16.7 Å². The maximum absolute atomic E-state index is 12.2. The Hall–Kier alpha value is 1.11. The van der Waals surface area contributed by atoms with Gasteiger partial charge in [0, 0.05) is 16.1 Å². The summed E-state index contributed by atoms with van der Waals surface area (Å²) in [4.78, 5) is 12.3. The number of hydrogen-bond donors (Lipinski definition) is 0. The number of Topliss-reactive ketones (excluding diaryl/α,β-unsaturated/α-hetero) is 1. The number of rotatable bonds is 2. The highest BCUT2D eigenvalue weighted by atomic mass is 79.9. The lowest BCUT2D eigenvalue weighted by molar-refractivity contribution is -0.127. The van der Waals surface area contributed by atoms with Crippen LogP contribution in [0.25, 0.3) is 0 Å². The Morgan fingerprint density at radius 1 is 1.43 bits per heavy atom. The third kappa shape index (κ3) is 1.08. The maximum Gasteiger partial charge on any atom is 0.154 e. The molecule has 2 aliphatic rings. The lowest BCUT2D eigenvalue weighted by Crippen LogP contribution is -2.41. The number of carbonyl (C=O) groups is 1. The first-order chi connectivity index (χ1) is 6.53. The standard InChI is InChI=1S/C10H13Br3O/c1-9(4-11)6-2-3-10(9,5-12)8(14)7(6)13/h6-7H,2-5H2,1H3/t6-,7+,9-,10+/m0/s1. The lowest BCUT2D eigenvalue weighted by atomic mass is 9.70. The third-order valence-corrected chi connectivity index (χ3v) is 7.55. The first kappa shape index (κ1) is 11.6. The molecule has 0 N–H and O–H groups in total. The van der Waals surface area contributed by atoms with Gasteiger partial charge in [0.25, 0.3) is 0 Å². The SMILES string of the molecule is C[C@]1(CBr)[C@H]2CC[C@@]1(CBr)C(=O)[C@@H]2Br. The number of alkyl halides is 3. The lowest BCUT2D eigenvalue weighted by Gasteiger charge is -2.36. The van der Waals surface area contributed by atoms with Crippen molar-refractivity contribution in [3.05, 3.63) is 0 Å². The molecule has 0 amide bonds. The molecule has 0 aromatic carbocycles. The molecule has 4 atom stereocenters. The van der Waals surface area contributed by atoms with Crippen molar-refractivity contribution >= 4 is 53.6 Å². The van der Waals surface area contributed by atoms with Crippen LogP contribution >= 0.6 is 47.8 Å². The molecule has 0 spiro atoms. The van der Waals surface area contributed by atoms with Crippen LogP contribution in [0.4, 0.5) is 0 Å². The van der Waals surface area contributed by atoms with Crippen LogP contribution < -0.4 is 0 Å². The second-order valence-corrected chi connectivity index (χ2v) is 6.79. The zero-order valence-corrected chi connectivity index (χ0v) is 12.8. The van der Waals surface area contributed by atoms with Gasteiger partial charge in [-0.25, -0.2) is 0 Å². The molecule has 0 radical (unpaired) electrons. The van der Waals surface area contributed by atoms with Gasteiger partial charge in [-0.15, -0.1) is 0 Å². The topological polar surface area (TPSA) is 17.1 Å². The summed E-state index contributed by atoms with van der Waals surface area (Å²) in [6.07, 6.45) is 2.22. The van der Waals surface area contributed by atoms with Gasteiger partial charge in [0.15, 0.2) is 5.78 Å². The Bertz CT molecular complexity index is 281. The van der Waals surface area contributed by atoms with Crippen molar-refractivity contribution in [3.63, 3.8) is 0 Å². The zero-order valence-electron chi connectivity index (χ0n) is 8.03. The molecule has 0 aromatic heterocycles. The molecule has 0 aromatic rings. The van der Waals surface area contributed by atoms with Crippen LogP contribution in [0.5, 0.6) is 0 Å². The molecule has 2 rings (SSSR count). The van der Waals surface area contributed by atoms with E-state index in [0.717, 1.165) is 17.1 Å². The Morgan fingerprint density at radius 2 is 2.07 bits per heavy atom. The van der Waals surface area contributed by atoms with Gasteiger partial charge >= 0.3 is 0 Å². The summed E-state index contributed by atoms with van der Waals surface area (Å²) in [5.74, 6) is 0.916. The van der Waals surface area contributed by atoms with Crippen LogP contribution in [0.3, 0.4) is 0 Å². The predicted octanol–water partition coefficient (Wildman–Crippen LogP) is 3.53. The van der Waals surface area contributed by atoms with Gasteiger partial charge in [0.1, 0.15) is 0 Å². The number of ketones is 1. The van der Waals surface area contributed by atoms with Crippen molar-refractivity contribution in [1.29, 1.82) is 0 Å². The molecule has 4 heteroatoms. The molecule has 2 saturated carbocycles. The van der Waals surface area contributed by atoms with Crippen LogP contribution in [0, 0.1) is 16.7 Å². The van der Waals surface area contributed by atoms with Gasteiger partial charge in [-0.3, -0.25) is 4.79 Å². The predicted molar refractivity (Wildman–Crippen MR) is 68.6 cm³/mol. The molecular weight excluding hydrogens is 376 g/mol. The van der Waals surface area contributed by atoms with Gasteiger partial charge in [-0.05, 0) is 24.2 Å². The summed E-state index contributed by atoms with van der Waals surface area (Å²) >= 11 is 10.7. The average Bonchev–Trinajstić information content (AvgIpc) is 2.57. The molecule has 2 fully saturated rings. The smallest absolute Gasteiger partial charge is 0.154 e. The van der Waals surface area contributed by atoms with Crippen LogP contribution in [-0.4, -0.2) is 21.3 Å². The van der Waals surface area contributed by atoms with E-state index in [4.69, 9.17) is 0 Å². The van der Waals surface area contributed by atoms with Gasteiger partial charge < -0.3 is 0 Å². The van der Waals surface area contributed by atoms with Crippen molar-refractivity contribution < 1.29 is 4.79 Å². The van der Waals surface area contributed by atoms with Crippen LogP contribution in [0.15, 0.2) is 0 Å². The van der Waals surface area contributed by atoms with E-state index in [2.05, 4.69) is 54.7 Å². The minimum atomic E-state index is -0.130. The van der Waals surface area contributed by atoms with E-state index in [1.807, 2.05) is 0 Å². The first-order valence-corrected chi connectivity index (χ1v) is 8.00. The van der Waals surface area contributed by atoms with Crippen LogP contribution in [-0.2, 0) is 4.79 Å². The minimum Gasteiger partial charge on any atom is -0.298 e. The van der Waals surface area contributed by atoms with Crippen molar-refractivity contribution in [1.82, 2.24) is 0 Å². The van der Waals surface area contributed by atoms with Gasteiger partial charge in [0.05, 0.1) is 4.83 Å². The molecule has 2 bridgehead atoms. The third-order valence-electron chi connectivity index (χ3n) is 4.37. The van der Waals surface area contributed by atoms with E-state index in [-0.39, 0.29) is 15.7 Å². The Balaban J connectivity index is 2.50. The Morgan fingerprint density at radius 3 is 2.50 bits per heavy atom. The fourth-order valence-electron chi connectivity index (χ4n) is 3.19. The normalized spacial score (nSPS) is 51.6. The van der Waals surface area contributed by atoms with E-state index in [9.17, 15) is 4.79 Å². The van der Waals surface area contributed by atoms with E-state index in [0.29, 0.717) is 11.7 Å². The molecule has 0 saturated heterocycles. The Kier molecular flexibility index (Phi) is 2.95. The molecule has 80 valence electrons. The molecular formula is C10H13Br3O. The summed E-state index contributed by atoms with van der Waals surface area (Å²) in [5, 5.41) is 1.73.